The number of nitro benzene ring substituents is 1. The summed E-state index contributed by atoms with van der Waals surface area (Å²) in [6.45, 7) is 0.0316. The third kappa shape index (κ3) is 4.37. The van der Waals surface area contributed by atoms with Crippen molar-refractivity contribution in [3.8, 4) is 11.5 Å². The van der Waals surface area contributed by atoms with Gasteiger partial charge in [0.25, 0.3) is 0 Å². The average molecular weight is 368 g/mol. The first kappa shape index (κ1) is 18.5. The molecule has 0 aromatic heterocycles. The van der Waals surface area contributed by atoms with Crippen LogP contribution in [0.1, 0.15) is 5.56 Å². The Balaban J connectivity index is 2.32. The number of anilines is 1. The molecule has 0 heterocycles. The van der Waals surface area contributed by atoms with Gasteiger partial charge in [-0.3, -0.25) is 14.7 Å². The molecule has 0 aliphatic carbocycles. The standard InChI is InChI=1S/C15H16N2O7S/c1-16(25(20,21)22)13-4-3-5-14(15(13)17(18)19)24-10-11-6-8-12(23-2)9-7-11/h3-9H,10H2,1-2H3,(H,20,21,22). The molecule has 0 bridgehead atoms. The first-order chi connectivity index (χ1) is 11.7. The number of hydrogen-bond donors (Lipinski definition) is 1. The fourth-order valence-electron chi connectivity index (χ4n) is 2.07. The molecular formula is C15H16N2O7S. The monoisotopic (exact) mass is 368 g/mol. The van der Waals surface area contributed by atoms with Crippen LogP contribution in [0.3, 0.4) is 0 Å². The summed E-state index contributed by atoms with van der Waals surface area (Å²) in [4.78, 5) is 10.6. The minimum atomic E-state index is -4.64. The van der Waals surface area contributed by atoms with Crippen LogP contribution in [0.25, 0.3) is 0 Å². The summed E-state index contributed by atoms with van der Waals surface area (Å²) < 4.78 is 42.6. The molecule has 0 aliphatic heterocycles. The van der Waals surface area contributed by atoms with Crippen molar-refractivity contribution in [1.29, 1.82) is 0 Å². The highest BCUT2D eigenvalue weighted by molar-refractivity contribution is 7.87. The summed E-state index contributed by atoms with van der Waals surface area (Å²) in [6, 6.07) is 10.9. The summed E-state index contributed by atoms with van der Waals surface area (Å²) in [5.74, 6) is 0.542. The second kappa shape index (κ2) is 7.36. The van der Waals surface area contributed by atoms with Crippen LogP contribution in [0.15, 0.2) is 42.5 Å². The Bertz CT molecular complexity index is 866. The van der Waals surface area contributed by atoms with E-state index in [4.69, 9.17) is 14.0 Å². The topological polar surface area (TPSA) is 119 Å². The Labute approximate surface area is 144 Å². The summed E-state index contributed by atoms with van der Waals surface area (Å²) in [6.07, 6.45) is 0. The Morgan fingerprint density at radius 1 is 1.20 bits per heavy atom. The molecule has 0 saturated heterocycles. The number of nitrogens with zero attached hydrogens (tertiary/aromatic N) is 2. The van der Waals surface area contributed by atoms with Gasteiger partial charge in [0.15, 0.2) is 5.75 Å². The molecule has 0 aliphatic rings. The molecule has 10 heteroatoms. The maximum atomic E-state index is 11.4. The zero-order chi connectivity index (χ0) is 18.6. The first-order valence-corrected chi connectivity index (χ1v) is 8.38. The number of benzene rings is 2. The third-order valence-corrected chi connectivity index (χ3v) is 4.29. The number of nitro groups is 1. The Hall–Kier alpha value is -2.85. The van der Waals surface area contributed by atoms with E-state index in [1.165, 1.54) is 25.3 Å². The van der Waals surface area contributed by atoms with Crippen molar-refractivity contribution in [2.45, 2.75) is 6.61 Å². The van der Waals surface area contributed by atoms with E-state index in [1.807, 2.05) is 0 Å². The van der Waals surface area contributed by atoms with Crippen LogP contribution in [0.4, 0.5) is 11.4 Å². The lowest BCUT2D eigenvalue weighted by Crippen LogP contribution is -2.26. The van der Waals surface area contributed by atoms with E-state index >= 15 is 0 Å². The van der Waals surface area contributed by atoms with Crippen molar-refractivity contribution in [2.75, 3.05) is 18.5 Å². The number of ether oxygens (including phenoxy) is 2. The van der Waals surface area contributed by atoms with Crippen molar-refractivity contribution in [1.82, 2.24) is 0 Å². The van der Waals surface area contributed by atoms with Crippen molar-refractivity contribution in [2.24, 2.45) is 0 Å². The highest BCUT2D eigenvalue weighted by atomic mass is 32.2. The first-order valence-electron chi connectivity index (χ1n) is 6.98. The van der Waals surface area contributed by atoms with Gasteiger partial charge in [0, 0.05) is 7.05 Å². The van der Waals surface area contributed by atoms with Crippen molar-refractivity contribution in [3.63, 3.8) is 0 Å². The molecule has 0 spiro atoms. The van der Waals surface area contributed by atoms with Gasteiger partial charge in [-0.05, 0) is 29.8 Å². The molecule has 0 atom stereocenters. The number of rotatable bonds is 7. The lowest BCUT2D eigenvalue weighted by molar-refractivity contribution is -0.385. The summed E-state index contributed by atoms with van der Waals surface area (Å²) in [5, 5.41) is 11.4. The lowest BCUT2D eigenvalue weighted by atomic mass is 10.2. The molecule has 0 unspecified atom stereocenters. The number of methoxy groups -OCH3 is 1. The zero-order valence-electron chi connectivity index (χ0n) is 13.4. The van der Waals surface area contributed by atoms with Gasteiger partial charge in [0.2, 0.25) is 0 Å². The van der Waals surface area contributed by atoms with Crippen molar-refractivity contribution in [3.05, 3.63) is 58.1 Å². The zero-order valence-corrected chi connectivity index (χ0v) is 14.3. The second-order valence-electron chi connectivity index (χ2n) is 4.96. The van der Waals surface area contributed by atoms with Gasteiger partial charge in [-0.25, -0.2) is 4.31 Å². The molecule has 25 heavy (non-hydrogen) atoms. The minimum Gasteiger partial charge on any atom is -0.497 e. The number of para-hydroxylation sites is 1. The van der Waals surface area contributed by atoms with Gasteiger partial charge in [-0.15, -0.1) is 0 Å². The second-order valence-corrected chi connectivity index (χ2v) is 6.41. The number of hydrogen-bond acceptors (Lipinski definition) is 6. The molecule has 134 valence electrons. The molecule has 0 fully saturated rings. The van der Waals surface area contributed by atoms with Crippen LogP contribution in [0.2, 0.25) is 0 Å². The fourth-order valence-corrected chi connectivity index (χ4v) is 2.47. The maximum absolute atomic E-state index is 11.4. The molecule has 0 saturated carbocycles. The van der Waals surface area contributed by atoms with E-state index in [2.05, 4.69) is 0 Å². The summed E-state index contributed by atoms with van der Waals surface area (Å²) in [5.41, 5.74) is -0.125. The van der Waals surface area contributed by atoms with Gasteiger partial charge in [0.05, 0.1) is 12.0 Å². The minimum absolute atomic E-state index is 0.0316. The van der Waals surface area contributed by atoms with E-state index < -0.39 is 20.9 Å². The largest absolute Gasteiger partial charge is 0.497 e. The quantitative estimate of drug-likeness (QED) is 0.453. The Kier molecular flexibility index (Phi) is 5.45. The van der Waals surface area contributed by atoms with Crippen LogP contribution < -0.4 is 13.8 Å². The van der Waals surface area contributed by atoms with E-state index in [1.54, 1.807) is 24.3 Å². The van der Waals surface area contributed by atoms with Crippen LogP contribution in [-0.4, -0.2) is 32.1 Å². The predicted molar refractivity (Wildman–Crippen MR) is 90.4 cm³/mol. The van der Waals surface area contributed by atoms with E-state index in [9.17, 15) is 18.5 Å². The van der Waals surface area contributed by atoms with Gasteiger partial charge in [0.1, 0.15) is 18.0 Å². The molecule has 0 radical (unpaired) electrons. The molecule has 9 nitrogen and oxygen atoms in total. The van der Waals surface area contributed by atoms with Crippen LogP contribution in [0, 0.1) is 10.1 Å². The Morgan fingerprint density at radius 2 is 1.84 bits per heavy atom. The van der Waals surface area contributed by atoms with E-state index in [0.717, 1.165) is 12.6 Å². The van der Waals surface area contributed by atoms with Crippen LogP contribution in [0.5, 0.6) is 11.5 Å². The summed E-state index contributed by atoms with van der Waals surface area (Å²) >= 11 is 0. The highest BCUT2D eigenvalue weighted by Crippen LogP contribution is 2.37. The molecule has 2 aromatic rings. The molecule has 2 rings (SSSR count). The van der Waals surface area contributed by atoms with Crippen molar-refractivity contribution < 1.29 is 27.4 Å². The fraction of sp³-hybridized carbons (Fsp3) is 0.200. The van der Waals surface area contributed by atoms with E-state index in [-0.39, 0.29) is 18.0 Å². The van der Waals surface area contributed by atoms with Crippen molar-refractivity contribution >= 4 is 21.7 Å². The molecule has 0 amide bonds. The van der Waals surface area contributed by atoms with Gasteiger partial charge < -0.3 is 9.47 Å². The van der Waals surface area contributed by atoms with Gasteiger partial charge >= 0.3 is 16.0 Å². The predicted octanol–water partition coefficient (Wildman–Crippen LogP) is 2.42. The van der Waals surface area contributed by atoms with E-state index in [0.29, 0.717) is 10.1 Å². The molecular weight excluding hydrogens is 352 g/mol. The summed E-state index contributed by atoms with van der Waals surface area (Å²) in [7, 11) is -2.11. The van der Waals surface area contributed by atoms with Crippen LogP contribution in [-0.2, 0) is 16.9 Å². The van der Waals surface area contributed by atoms with Gasteiger partial charge in [-0.2, -0.15) is 8.42 Å². The smallest absolute Gasteiger partial charge is 0.359 e. The van der Waals surface area contributed by atoms with Gasteiger partial charge in [-0.1, -0.05) is 18.2 Å². The van der Waals surface area contributed by atoms with Crippen LogP contribution >= 0.6 is 0 Å². The third-order valence-electron chi connectivity index (χ3n) is 3.40. The maximum Gasteiger partial charge on any atom is 0.359 e. The molecule has 2 aromatic carbocycles. The lowest BCUT2D eigenvalue weighted by Gasteiger charge is -2.16. The molecule has 1 N–H and O–H groups in total. The Morgan fingerprint density at radius 3 is 2.36 bits per heavy atom. The normalized spacial score (nSPS) is 11.0. The SMILES string of the molecule is COc1ccc(COc2cccc(N(C)S(=O)(=O)O)c2[N+](=O)[O-])cc1. The highest BCUT2D eigenvalue weighted by Gasteiger charge is 2.28. The average Bonchev–Trinajstić information content (AvgIpc) is 2.58.